The number of hydrogen-bond donors (Lipinski definition) is 1. The van der Waals surface area contributed by atoms with E-state index in [0.29, 0.717) is 17.1 Å². The smallest absolute Gasteiger partial charge is 0.235 e. The van der Waals surface area contributed by atoms with Gasteiger partial charge in [0.05, 0.1) is 18.9 Å². The van der Waals surface area contributed by atoms with Crippen molar-refractivity contribution in [3.63, 3.8) is 0 Å². The Morgan fingerprint density at radius 2 is 1.90 bits per heavy atom. The normalized spacial score (nSPS) is 11.7. The molecule has 1 N–H and O–H groups in total. The number of benzene rings is 2. The van der Waals surface area contributed by atoms with Gasteiger partial charge in [-0.05, 0) is 56.0 Å². The molecule has 0 atom stereocenters. The number of carbonyl (C=O) groups is 1. The summed E-state index contributed by atoms with van der Waals surface area (Å²) in [6.45, 7) is 4.22. The molecule has 0 heterocycles. The van der Waals surface area contributed by atoms with Crippen molar-refractivity contribution in [2.24, 2.45) is 0 Å². The van der Waals surface area contributed by atoms with Crippen molar-refractivity contribution in [2.45, 2.75) is 39.3 Å². The molecule has 0 unspecified atom stereocenters. The van der Waals surface area contributed by atoms with Crippen LogP contribution < -0.4 is 10.1 Å². The Morgan fingerprint density at radius 1 is 1.17 bits per heavy atom. The van der Waals surface area contributed by atoms with Crippen LogP contribution in [0.1, 0.15) is 31.4 Å². The second kappa shape index (κ2) is 11.3. The molecule has 0 aliphatic rings. The summed E-state index contributed by atoms with van der Waals surface area (Å²) in [6, 6.07) is 14.9. The first kappa shape index (κ1) is 24.2. The van der Waals surface area contributed by atoms with E-state index in [9.17, 15) is 13.2 Å². The van der Waals surface area contributed by atoms with Gasteiger partial charge in [-0.1, -0.05) is 41.9 Å². The van der Waals surface area contributed by atoms with E-state index in [1.807, 2.05) is 38.1 Å². The number of carbonyl (C=O) groups excluding carboxylic acids is 1. The highest BCUT2D eigenvalue weighted by molar-refractivity contribution is 7.88. The molecule has 30 heavy (non-hydrogen) atoms. The first-order chi connectivity index (χ1) is 14.1. The second-order valence-corrected chi connectivity index (χ2v) is 9.78. The van der Waals surface area contributed by atoms with E-state index >= 15 is 0 Å². The van der Waals surface area contributed by atoms with Crippen LogP contribution >= 0.6 is 11.6 Å². The number of amides is 1. The van der Waals surface area contributed by atoms with E-state index in [1.54, 1.807) is 24.3 Å². The fourth-order valence-electron chi connectivity index (χ4n) is 2.89. The summed E-state index contributed by atoms with van der Waals surface area (Å²) in [5, 5.41) is 3.26. The molecule has 0 spiro atoms. The third-order valence-electron chi connectivity index (χ3n) is 4.33. The monoisotopic (exact) mass is 452 g/mol. The van der Waals surface area contributed by atoms with Crippen LogP contribution in [0.3, 0.4) is 0 Å². The predicted octanol–water partition coefficient (Wildman–Crippen LogP) is 3.64. The van der Waals surface area contributed by atoms with Crippen LogP contribution in [0.2, 0.25) is 5.02 Å². The molecule has 2 aromatic carbocycles. The number of aryl methyl sites for hydroxylation is 1. The quantitative estimate of drug-likeness (QED) is 0.528. The molecule has 0 aliphatic heterocycles. The van der Waals surface area contributed by atoms with Crippen LogP contribution in [0.25, 0.3) is 0 Å². The number of hydrogen-bond acceptors (Lipinski definition) is 4. The highest BCUT2D eigenvalue weighted by Gasteiger charge is 2.21. The number of rotatable bonds is 11. The molecule has 164 valence electrons. The van der Waals surface area contributed by atoms with Gasteiger partial charge in [0.2, 0.25) is 15.9 Å². The van der Waals surface area contributed by atoms with Crippen LogP contribution in [-0.4, -0.2) is 44.1 Å². The second-order valence-electron chi connectivity index (χ2n) is 7.39. The predicted molar refractivity (Wildman–Crippen MR) is 120 cm³/mol. The van der Waals surface area contributed by atoms with E-state index in [4.69, 9.17) is 16.3 Å². The third-order valence-corrected chi connectivity index (χ3v) is 5.89. The average Bonchev–Trinajstić information content (AvgIpc) is 2.65. The molecule has 2 aromatic rings. The fraction of sp³-hybridized carbons (Fsp3) is 0.409. The first-order valence-electron chi connectivity index (χ1n) is 9.86. The zero-order valence-electron chi connectivity index (χ0n) is 17.6. The maximum atomic E-state index is 12.3. The van der Waals surface area contributed by atoms with Crippen LogP contribution in [0.15, 0.2) is 48.5 Å². The van der Waals surface area contributed by atoms with Crippen molar-refractivity contribution in [2.75, 3.05) is 19.3 Å². The van der Waals surface area contributed by atoms with E-state index in [1.165, 1.54) is 0 Å². The highest BCUT2D eigenvalue weighted by atomic mass is 35.5. The number of ether oxygens (including phenoxy) is 1. The summed E-state index contributed by atoms with van der Waals surface area (Å²) in [5.74, 6) is 0.485. The Bertz CT molecular complexity index is 948. The molecule has 2 rings (SSSR count). The Morgan fingerprint density at radius 3 is 2.57 bits per heavy atom. The SMILES string of the molecule is CC(C)Oc1cccc(CCCNC(=O)CN(Cc2ccccc2Cl)S(C)(=O)=O)c1. The van der Waals surface area contributed by atoms with E-state index in [-0.39, 0.29) is 25.1 Å². The summed E-state index contributed by atoms with van der Waals surface area (Å²) >= 11 is 6.12. The minimum absolute atomic E-state index is 0.0502. The van der Waals surface area contributed by atoms with Crippen LogP contribution in [0, 0.1) is 0 Å². The van der Waals surface area contributed by atoms with Gasteiger partial charge in [0.15, 0.2) is 0 Å². The standard InChI is InChI=1S/C22H29ClN2O4S/c1-17(2)29-20-11-6-8-18(14-20)9-7-13-24-22(26)16-25(30(3,27)28)15-19-10-4-5-12-21(19)23/h4-6,8,10-12,14,17H,7,9,13,15-16H2,1-3H3,(H,24,26). The van der Waals surface area contributed by atoms with E-state index in [2.05, 4.69) is 5.32 Å². The molecule has 0 radical (unpaired) electrons. The summed E-state index contributed by atoms with van der Waals surface area (Å²) < 4.78 is 31.0. The molecule has 0 aliphatic carbocycles. The van der Waals surface area contributed by atoms with Gasteiger partial charge >= 0.3 is 0 Å². The van der Waals surface area contributed by atoms with Gasteiger partial charge in [-0.15, -0.1) is 0 Å². The zero-order valence-corrected chi connectivity index (χ0v) is 19.2. The maximum absolute atomic E-state index is 12.3. The van der Waals surface area contributed by atoms with Crippen molar-refractivity contribution in [1.29, 1.82) is 0 Å². The molecular formula is C22H29ClN2O4S. The van der Waals surface area contributed by atoms with Crippen LogP contribution in [-0.2, 0) is 27.8 Å². The van der Waals surface area contributed by atoms with Crippen molar-refractivity contribution >= 4 is 27.5 Å². The fourth-order valence-corrected chi connectivity index (χ4v) is 3.81. The van der Waals surface area contributed by atoms with Crippen molar-refractivity contribution in [3.8, 4) is 5.75 Å². The van der Waals surface area contributed by atoms with Gasteiger partial charge < -0.3 is 10.1 Å². The van der Waals surface area contributed by atoms with Gasteiger partial charge in [-0.25, -0.2) is 8.42 Å². The number of sulfonamides is 1. The van der Waals surface area contributed by atoms with E-state index in [0.717, 1.165) is 34.7 Å². The lowest BCUT2D eigenvalue weighted by Crippen LogP contribution is -2.40. The molecule has 1 amide bonds. The Hall–Kier alpha value is -2.09. The number of halogens is 1. The van der Waals surface area contributed by atoms with Gasteiger partial charge in [0, 0.05) is 18.1 Å². The van der Waals surface area contributed by atoms with Crippen molar-refractivity contribution in [3.05, 3.63) is 64.7 Å². The third kappa shape index (κ3) is 8.34. The molecule has 0 aromatic heterocycles. The van der Waals surface area contributed by atoms with Crippen molar-refractivity contribution < 1.29 is 17.9 Å². The Labute approximate surface area is 184 Å². The minimum atomic E-state index is -3.56. The van der Waals surface area contributed by atoms with Gasteiger partial charge in [-0.3, -0.25) is 4.79 Å². The molecule has 6 nitrogen and oxygen atoms in total. The lowest BCUT2D eigenvalue weighted by molar-refractivity contribution is -0.121. The molecule has 0 saturated carbocycles. The molecule has 0 fully saturated rings. The van der Waals surface area contributed by atoms with Gasteiger partial charge in [0.25, 0.3) is 0 Å². The molecule has 0 saturated heterocycles. The van der Waals surface area contributed by atoms with Crippen LogP contribution in [0.4, 0.5) is 0 Å². The summed E-state index contributed by atoms with van der Waals surface area (Å²) in [6.07, 6.45) is 2.72. The lowest BCUT2D eigenvalue weighted by Gasteiger charge is -2.20. The maximum Gasteiger partial charge on any atom is 0.235 e. The first-order valence-corrected chi connectivity index (χ1v) is 12.1. The Kier molecular flexibility index (Phi) is 9.14. The molecular weight excluding hydrogens is 424 g/mol. The molecule has 0 bridgehead atoms. The number of nitrogens with one attached hydrogen (secondary N) is 1. The molecule has 8 heteroatoms. The lowest BCUT2D eigenvalue weighted by atomic mass is 10.1. The van der Waals surface area contributed by atoms with Crippen molar-refractivity contribution in [1.82, 2.24) is 9.62 Å². The number of nitrogens with zero attached hydrogens (tertiary/aromatic N) is 1. The summed E-state index contributed by atoms with van der Waals surface area (Å²) in [4.78, 5) is 12.3. The summed E-state index contributed by atoms with van der Waals surface area (Å²) in [5.41, 5.74) is 1.78. The summed E-state index contributed by atoms with van der Waals surface area (Å²) in [7, 11) is -3.56. The largest absolute Gasteiger partial charge is 0.491 e. The van der Waals surface area contributed by atoms with E-state index < -0.39 is 10.0 Å². The van der Waals surface area contributed by atoms with Crippen LogP contribution in [0.5, 0.6) is 5.75 Å². The average molecular weight is 453 g/mol. The van der Waals surface area contributed by atoms with Gasteiger partial charge in [-0.2, -0.15) is 4.31 Å². The topological polar surface area (TPSA) is 75.7 Å². The minimum Gasteiger partial charge on any atom is -0.491 e. The zero-order chi connectivity index (χ0) is 22.1. The van der Waals surface area contributed by atoms with Gasteiger partial charge in [0.1, 0.15) is 5.75 Å². The Balaban J connectivity index is 1.84. The highest BCUT2D eigenvalue weighted by Crippen LogP contribution is 2.18.